The molecule has 6 nitrogen and oxygen atoms in total. The molecule has 27 heavy (non-hydrogen) atoms. The van der Waals surface area contributed by atoms with E-state index < -0.39 is 29.2 Å². The number of hydrogen-bond acceptors (Lipinski definition) is 5. The standard InChI is InChI=1S/C19H28N2O4S2/c1-3-7-16(26)18(23)20-14(10-11-27-2)17(22)21-15(19(24)25)12-13-8-5-4-6-9-13/h4-6,8-9,14-16,26H,3,7,10-12H2,1-2H3,(H,20,23)(H,21,22)(H,24,25). The Labute approximate surface area is 170 Å². The summed E-state index contributed by atoms with van der Waals surface area (Å²) in [5.74, 6) is -1.24. The number of aliphatic carboxylic acids is 1. The van der Waals surface area contributed by atoms with Crippen molar-refractivity contribution in [3.05, 3.63) is 35.9 Å². The van der Waals surface area contributed by atoms with Gasteiger partial charge in [-0.25, -0.2) is 4.79 Å². The van der Waals surface area contributed by atoms with Crippen LogP contribution in [-0.2, 0) is 20.8 Å². The highest BCUT2D eigenvalue weighted by atomic mass is 32.2. The van der Waals surface area contributed by atoms with Crippen molar-refractivity contribution in [1.82, 2.24) is 10.6 Å². The Balaban J connectivity index is 2.79. The van der Waals surface area contributed by atoms with E-state index in [0.717, 1.165) is 12.0 Å². The van der Waals surface area contributed by atoms with Crippen LogP contribution in [0.5, 0.6) is 0 Å². The van der Waals surface area contributed by atoms with Gasteiger partial charge in [0.15, 0.2) is 0 Å². The highest BCUT2D eigenvalue weighted by Gasteiger charge is 2.27. The predicted octanol–water partition coefficient (Wildman–Crippen LogP) is 2.13. The SMILES string of the molecule is CCCC(S)C(=O)NC(CCSC)C(=O)NC(Cc1ccccc1)C(=O)O. The summed E-state index contributed by atoms with van der Waals surface area (Å²) in [7, 11) is 0. The lowest BCUT2D eigenvalue weighted by atomic mass is 10.1. The molecule has 1 aromatic carbocycles. The van der Waals surface area contributed by atoms with Crippen molar-refractivity contribution < 1.29 is 19.5 Å². The average Bonchev–Trinajstić information content (AvgIpc) is 2.65. The van der Waals surface area contributed by atoms with Gasteiger partial charge in [-0.2, -0.15) is 24.4 Å². The first kappa shape index (κ1) is 23.4. The fourth-order valence-corrected chi connectivity index (χ4v) is 3.30. The van der Waals surface area contributed by atoms with Gasteiger partial charge in [-0.15, -0.1) is 0 Å². The number of thiol groups is 1. The van der Waals surface area contributed by atoms with E-state index in [1.165, 1.54) is 0 Å². The molecule has 1 aromatic rings. The van der Waals surface area contributed by atoms with E-state index in [2.05, 4.69) is 23.3 Å². The minimum absolute atomic E-state index is 0.177. The number of nitrogens with one attached hydrogen (secondary N) is 2. The molecule has 0 radical (unpaired) electrons. The monoisotopic (exact) mass is 412 g/mol. The van der Waals surface area contributed by atoms with Gasteiger partial charge in [0.05, 0.1) is 5.25 Å². The Morgan fingerprint density at radius 2 is 1.70 bits per heavy atom. The molecule has 0 bridgehead atoms. The van der Waals surface area contributed by atoms with Gasteiger partial charge in [0.2, 0.25) is 11.8 Å². The molecule has 0 fully saturated rings. The molecule has 0 aromatic heterocycles. The first-order valence-electron chi connectivity index (χ1n) is 8.93. The minimum Gasteiger partial charge on any atom is -0.480 e. The molecule has 0 spiro atoms. The Morgan fingerprint density at radius 1 is 1.07 bits per heavy atom. The van der Waals surface area contributed by atoms with Crippen LogP contribution in [0.15, 0.2) is 30.3 Å². The zero-order valence-electron chi connectivity index (χ0n) is 15.7. The highest BCUT2D eigenvalue weighted by Crippen LogP contribution is 2.09. The summed E-state index contributed by atoms with van der Waals surface area (Å²) in [6.07, 6.45) is 3.92. The van der Waals surface area contributed by atoms with Gasteiger partial charge >= 0.3 is 5.97 Å². The van der Waals surface area contributed by atoms with Crippen LogP contribution in [0.25, 0.3) is 0 Å². The number of thioether (sulfide) groups is 1. The van der Waals surface area contributed by atoms with Crippen LogP contribution in [0.4, 0.5) is 0 Å². The van der Waals surface area contributed by atoms with Crippen LogP contribution >= 0.6 is 24.4 Å². The molecule has 8 heteroatoms. The van der Waals surface area contributed by atoms with Gasteiger partial charge in [0.1, 0.15) is 12.1 Å². The third-order valence-electron chi connectivity index (χ3n) is 4.01. The molecule has 150 valence electrons. The van der Waals surface area contributed by atoms with Gasteiger partial charge in [0, 0.05) is 6.42 Å². The lowest BCUT2D eigenvalue weighted by Crippen LogP contribution is -2.53. The summed E-state index contributed by atoms with van der Waals surface area (Å²) in [6, 6.07) is 7.26. The molecule has 3 unspecified atom stereocenters. The Kier molecular flexibility index (Phi) is 11.0. The summed E-state index contributed by atoms with van der Waals surface area (Å²) in [5.41, 5.74) is 0.813. The van der Waals surface area contributed by atoms with E-state index in [1.807, 2.05) is 43.5 Å². The third-order valence-corrected chi connectivity index (χ3v) is 5.14. The second kappa shape index (κ2) is 12.7. The molecule has 0 aliphatic carbocycles. The zero-order chi connectivity index (χ0) is 20.2. The Bertz CT molecular complexity index is 613. The third kappa shape index (κ3) is 8.71. The van der Waals surface area contributed by atoms with E-state index in [0.29, 0.717) is 18.6 Å². The lowest BCUT2D eigenvalue weighted by molar-refractivity contribution is -0.142. The average molecular weight is 413 g/mol. The van der Waals surface area contributed by atoms with Crippen molar-refractivity contribution in [3.63, 3.8) is 0 Å². The maximum Gasteiger partial charge on any atom is 0.326 e. The lowest BCUT2D eigenvalue weighted by Gasteiger charge is -2.22. The normalized spacial score (nSPS) is 14.0. The largest absolute Gasteiger partial charge is 0.480 e. The van der Waals surface area contributed by atoms with Crippen LogP contribution in [-0.4, -0.2) is 52.2 Å². The van der Waals surface area contributed by atoms with Crippen LogP contribution in [0.3, 0.4) is 0 Å². The molecule has 0 aliphatic rings. The van der Waals surface area contributed by atoms with Crippen molar-refractivity contribution in [1.29, 1.82) is 0 Å². The number of carboxylic acid groups (broad SMARTS) is 1. The second-order valence-electron chi connectivity index (χ2n) is 6.24. The fraction of sp³-hybridized carbons (Fsp3) is 0.526. The summed E-state index contributed by atoms with van der Waals surface area (Å²) < 4.78 is 0. The summed E-state index contributed by atoms with van der Waals surface area (Å²) in [6.45, 7) is 1.95. The smallest absolute Gasteiger partial charge is 0.326 e. The number of carbonyl (C=O) groups excluding carboxylic acids is 2. The molecule has 2 amide bonds. The molecule has 3 atom stereocenters. The molecule has 1 rings (SSSR count). The van der Waals surface area contributed by atoms with E-state index in [-0.39, 0.29) is 12.3 Å². The molecule has 3 N–H and O–H groups in total. The maximum absolute atomic E-state index is 12.6. The zero-order valence-corrected chi connectivity index (χ0v) is 17.4. The summed E-state index contributed by atoms with van der Waals surface area (Å²) in [4.78, 5) is 36.5. The first-order valence-corrected chi connectivity index (χ1v) is 10.8. The quantitative estimate of drug-likeness (QED) is 0.395. The summed E-state index contributed by atoms with van der Waals surface area (Å²) >= 11 is 5.82. The van der Waals surface area contributed by atoms with Crippen molar-refractivity contribution in [2.24, 2.45) is 0 Å². The minimum atomic E-state index is -1.11. The number of carbonyl (C=O) groups is 3. The molecular weight excluding hydrogens is 384 g/mol. The Hall–Kier alpha value is -1.67. The number of carboxylic acids is 1. The van der Waals surface area contributed by atoms with Crippen molar-refractivity contribution >= 4 is 42.2 Å². The maximum atomic E-state index is 12.6. The molecule has 0 aliphatic heterocycles. The van der Waals surface area contributed by atoms with E-state index in [1.54, 1.807) is 11.8 Å². The van der Waals surface area contributed by atoms with Crippen molar-refractivity contribution in [3.8, 4) is 0 Å². The van der Waals surface area contributed by atoms with Crippen LogP contribution in [0.2, 0.25) is 0 Å². The summed E-state index contributed by atoms with van der Waals surface area (Å²) in [5, 5.41) is 14.2. The van der Waals surface area contributed by atoms with Crippen LogP contribution in [0, 0.1) is 0 Å². The fourth-order valence-electron chi connectivity index (χ4n) is 2.50. The number of amides is 2. The van der Waals surface area contributed by atoms with Gasteiger partial charge in [0.25, 0.3) is 0 Å². The van der Waals surface area contributed by atoms with Gasteiger partial charge in [-0.1, -0.05) is 43.7 Å². The van der Waals surface area contributed by atoms with Crippen LogP contribution in [0.1, 0.15) is 31.7 Å². The van der Waals surface area contributed by atoms with Crippen molar-refractivity contribution in [2.45, 2.75) is 49.9 Å². The molecule has 0 saturated heterocycles. The van der Waals surface area contributed by atoms with E-state index in [9.17, 15) is 19.5 Å². The first-order chi connectivity index (χ1) is 12.9. The van der Waals surface area contributed by atoms with Gasteiger partial charge in [-0.05, 0) is 30.4 Å². The molecule has 0 saturated carbocycles. The molecular formula is C19H28N2O4S2. The Morgan fingerprint density at radius 3 is 2.26 bits per heavy atom. The predicted molar refractivity (Wildman–Crippen MR) is 112 cm³/mol. The number of rotatable bonds is 12. The van der Waals surface area contributed by atoms with Gasteiger partial charge < -0.3 is 15.7 Å². The number of hydrogen-bond donors (Lipinski definition) is 4. The highest BCUT2D eigenvalue weighted by molar-refractivity contribution is 7.98. The van der Waals surface area contributed by atoms with Crippen molar-refractivity contribution in [2.75, 3.05) is 12.0 Å². The van der Waals surface area contributed by atoms with E-state index >= 15 is 0 Å². The van der Waals surface area contributed by atoms with E-state index in [4.69, 9.17) is 0 Å². The second-order valence-corrected chi connectivity index (χ2v) is 7.85. The topological polar surface area (TPSA) is 95.5 Å². The van der Waals surface area contributed by atoms with Gasteiger partial charge in [-0.3, -0.25) is 9.59 Å². The molecule has 0 heterocycles. The van der Waals surface area contributed by atoms with Crippen LogP contribution < -0.4 is 10.6 Å². The number of benzene rings is 1.